The third-order valence-corrected chi connectivity index (χ3v) is 3.39. The van der Waals surface area contributed by atoms with Crippen molar-refractivity contribution in [3.8, 4) is 5.75 Å². The maximum atomic E-state index is 12.3. The van der Waals surface area contributed by atoms with Crippen LogP contribution >= 0.6 is 11.6 Å². The first-order valence-corrected chi connectivity index (χ1v) is 6.53. The molecule has 1 aromatic rings. The van der Waals surface area contributed by atoms with Gasteiger partial charge in [0.1, 0.15) is 5.75 Å². The minimum absolute atomic E-state index is 0.0213. The lowest BCUT2D eigenvalue weighted by atomic mass is 10.1. The largest absolute Gasteiger partial charge is 0.434 e. The van der Waals surface area contributed by atoms with E-state index in [1.807, 2.05) is 0 Å². The van der Waals surface area contributed by atoms with Crippen molar-refractivity contribution in [3.63, 3.8) is 0 Å². The van der Waals surface area contributed by atoms with Gasteiger partial charge in [0.15, 0.2) is 0 Å². The van der Waals surface area contributed by atoms with Gasteiger partial charge in [-0.3, -0.25) is 14.5 Å². The van der Waals surface area contributed by atoms with Gasteiger partial charge in [-0.2, -0.15) is 8.78 Å². The number of hydrogen-bond acceptors (Lipinski definition) is 4. The van der Waals surface area contributed by atoms with Gasteiger partial charge in [-0.1, -0.05) is 11.6 Å². The molecule has 1 atom stereocenters. The SMILES string of the molecule is CN1C(=O)CC(NCc2cc(Cl)ccc2OC(F)F)C1=O. The zero-order valence-corrected chi connectivity index (χ0v) is 11.9. The van der Waals surface area contributed by atoms with Crippen LogP contribution in [0, 0.1) is 0 Å². The molecule has 114 valence electrons. The van der Waals surface area contributed by atoms with Gasteiger partial charge in [-0.05, 0) is 18.2 Å². The summed E-state index contributed by atoms with van der Waals surface area (Å²) in [6.07, 6.45) is 0.0426. The molecule has 1 fully saturated rings. The van der Waals surface area contributed by atoms with Crippen molar-refractivity contribution in [2.75, 3.05) is 7.05 Å². The van der Waals surface area contributed by atoms with Gasteiger partial charge in [0, 0.05) is 24.2 Å². The Balaban J connectivity index is 2.07. The van der Waals surface area contributed by atoms with Crippen LogP contribution in [0.3, 0.4) is 0 Å². The number of benzene rings is 1. The van der Waals surface area contributed by atoms with E-state index in [0.29, 0.717) is 10.6 Å². The number of nitrogens with zero attached hydrogens (tertiary/aromatic N) is 1. The van der Waals surface area contributed by atoms with Gasteiger partial charge < -0.3 is 10.1 Å². The fraction of sp³-hybridized carbons (Fsp3) is 0.385. The second kappa shape index (κ2) is 6.36. The second-order valence-electron chi connectivity index (χ2n) is 4.56. The smallest absolute Gasteiger partial charge is 0.387 e. The molecule has 2 amide bonds. The Morgan fingerprint density at radius 1 is 1.48 bits per heavy atom. The third kappa shape index (κ3) is 3.68. The van der Waals surface area contributed by atoms with Crippen LogP contribution in [0.2, 0.25) is 5.02 Å². The highest BCUT2D eigenvalue weighted by Crippen LogP contribution is 2.25. The molecule has 0 spiro atoms. The summed E-state index contributed by atoms with van der Waals surface area (Å²) in [7, 11) is 1.40. The molecule has 1 unspecified atom stereocenters. The Kier molecular flexibility index (Phi) is 4.74. The summed E-state index contributed by atoms with van der Waals surface area (Å²) in [5.74, 6) is -0.655. The van der Waals surface area contributed by atoms with Crippen molar-refractivity contribution in [2.45, 2.75) is 25.6 Å². The number of imide groups is 1. The normalized spacial score (nSPS) is 18.7. The van der Waals surface area contributed by atoms with E-state index >= 15 is 0 Å². The monoisotopic (exact) mass is 318 g/mol. The molecular weight excluding hydrogens is 306 g/mol. The maximum absolute atomic E-state index is 12.3. The standard InChI is InChI=1S/C13H13ClF2N2O3/c1-18-11(19)5-9(12(18)20)17-6-7-4-8(14)2-3-10(7)21-13(15)16/h2-4,9,13,17H,5-6H2,1H3. The highest BCUT2D eigenvalue weighted by atomic mass is 35.5. The fourth-order valence-electron chi connectivity index (χ4n) is 2.05. The van der Waals surface area contributed by atoms with Crippen LogP contribution in [0.4, 0.5) is 8.78 Å². The maximum Gasteiger partial charge on any atom is 0.387 e. The summed E-state index contributed by atoms with van der Waals surface area (Å²) >= 11 is 5.82. The van der Waals surface area contributed by atoms with E-state index in [9.17, 15) is 18.4 Å². The van der Waals surface area contributed by atoms with E-state index in [1.165, 1.54) is 25.2 Å². The minimum atomic E-state index is -2.95. The molecule has 0 bridgehead atoms. The molecule has 8 heteroatoms. The Labute approximate surface area is 124 Å². The summed E-state index contributed by atoms with van der Waals surface area (Å²) < 4.78 is 29.0. The minimum Gasteiger partial charge on any atom is -0.434 e. The summed E-state index contributed by atoms with van der Waals surface area (Å²) in [6, 6.07) is 3.57. The number of rotatable bonds is 5. The van der Waals surface area contributed by atoms with Crippen LogP contribution in [-0.4, -0.2) is 36.4 Å². The first-order valence-electron chi connectivity index (χ1n) is 6.15. The van der Waals surface area contributed by atoms with Crippen molar-refractivity contribution in [1.82, 2.24) is 10.2 Å². The van der Waals surface area contributed by atoms with E-state index in [1.54, 1.807) is 0 Å². The number of likely N-dealkylation sites (tertiary alicyclic amines) is 1. The molecule has 0 saturated carbocycles. The number of carbonyl (C=O) groups is 2. The lowest BCUT2D eigenvalue weighted by Gasteiger charge is -2.14. The Bertz CT molecular complexity index is 568. The first-order chi connectivity index (χ1) is 9.88. The van der Waals surface area contributed by atoms with Crippen LogP contribution in [0.5, 0.6) is 5.75 Å². The Morgan fingerprint density at radius 2 is 2.19 bits per heavy atom. The zero-order valence-electron chi connectivity index (χ0n) is 11.1. The quantitative estimate of drug-likeness (QED) is 0.841. The van der Waals surface area contributed by atoms with Crippen LogP contribution in [0.15, 0.2) is 18.2 Å². The van der Waals surface area contributed by atoms with E-state index in [0.717, 1.165) is 4.90 Å². The van der Waals surface area contributed by atoms with Gasteiger partial charge in [0.25, 0.3) is 0 Å². The predicted molar refractivity (Wildman–Crippen MR) is 71.1 cm³/mol. The number of ether oxygens (including phenoxy) is 1. The second-order valence-corrected chi connectivity index (χ2v) is 5.00. The number of halogens is 3. The molecule has 0 aliphatic carbocycles. The molecule has 1 N–H and O–H groups in total. The van der Waals surface area contributed by atoms with Gasteiger partial charge in [-0.15, -0.1) is 0 Å². The van der Waals surface area contributed by atoms with Gasteiger partial charge in [0.2, 0.25) is 11.8 Å². The summed E-state index contributed by atoms with van der Waals surface area (Å²) in [5, 5.41) is 3.21. The van der Waals surface area contributed by atoms with Crippen molar-refractivity contribution in [2.24, 2.45) is 0 Å². The van der Waals surface area contributed by atoms with E-state index in [2.05, 4.69) is 10.1 Å². The lowest BCUT2D eigenvalue weighted by Crippen LogP contribution is -2.36. The zero-order chi connectivity index (χ0) is 15.6. The molecule has 1 heterocycles. The van der Waals surface area contributed by atoms with E-state index < -0.39 is 12.7 Å². The molecule has 1 aliphatic rings. The molecule has 1 aliphatic heterocycles. The van der Waals surface area contributed by atoms with Crippen molar-refractivity contribution >= 4 is 23.4 Å². The Morgan fingerprint density at radius 3 is 2.76 bits per heavy atom. The van der Waals surface area contributed by atoms with Crippen molar-refractivity contribution in [1.29, 1.82) is 0 Å². The molecule has 0 radical (unpaired) electrons. The summed E-state index contributed by atoms with van der Waals surface area (Å²) in [4.78, 5) is 24.2. The number of alkyl halides is 2. The number of nitrogens with one attached hydrogen (secondary N) is 1. The average Bonchev–Trinajstić information content (AvgIpc) is 2.66. The Hall–Kier alpha value is -1.73. The summed E-state index contributed by atoms with van der Waals surface area (Å²) in [5.41, 5.74) is 0.387. The number of carbonyl (C=O) groups excluding carboxylic acids is 2. The van der Waals surface area contributed by atoms with E-state index in [4.69, 9.17) is 11.6 Å². The van der Waals surface area contributed by atoms with Crippen LogP contribution < -0.4 is 10.1 Å². The molecule has 1 saturated heterocycles. The fourth-order valence-corrected chi connectivity index (χ4v) is 2.24. The highest BCUT2D eigenvalue weighted by molar-refractivity contribution is 6.30. The molecule has 2 rings (SSSR count). The third-order valence-electron chi connectivity index (χ3n) is 3.16. The van der Waals surface area contributed by atoms with E-state index in [-0.39, 0.29) is 30.5 Å². The van der Waals surface area contributed by atoms with Gasteiger partial charge in [0.05, 0.1) is 12.5 Å². The molecule has 1 aromatic carbocycles. The number of hydrogen-bond donors (Lipinski definition) is 1. The first kappa shape index (κ1) is 15.7. The lowest BCUT2D eigenvalue weighted by molar-refractivity contribution is -0.137. The van der Waals surface area contributed by atoms with Gasteiger partial charge in [-0.25, -0.2) is 0 Å². The molecule has 0 aromatic heterocycles. The number of amides is 2. The number of likely N-dealkylation sites (N-methyl/N-ethyl adjacent to an activating group) is 1. The average molecular weight is 319 g/mol. The van der Waals surface area contributed by atoms with Crippen molar-refractivity contribution < 1.29 is 23.1 Å². The highest BCUT2D eigenvalue weighted by Gasteiger charge is 2.35. The van der Waals surface area contributed by atoms with Crippen LogP contribution in [0.25, 0.3) is 0 Å². The molecule has 21 heavy (non-hydrogen) atoms. The topological polar surface area (TPSA) is 58.6 Å². The van der Waals surface area contributed by atoms with Crippen LogP contribution in [-0.2, 0) is 16.1 Å². The summed E-state index contributed by atoms with van der Waals surface area (Å²) in [6.45, 7) is -2.87. The predicted octanol–water partition coefficient (Wildman–Crippen LogP) is 1.79. The van der Waals surface area contributed by atoms with Crippen LogP contribution in [0.1, 0.15) is 12.0 Å². The molecule has 5 nitrogen and oxygen atoms in total. The molecular formula is C13H13ClF2N2O3. The van der Waals surface area contributed by atoms with Gasteiger partial charge >= 0.3 is 6.61 Å². The van der Waals surface area contributed by atoms with Crippen molar-refractivity contribution in [3.05, 3.63) is 28.8 Å².